The summed E-state index contributed by atoms with van der Waals surface area (Å²) < 4.78 is 46.2. The van der Waals surface area contributed by atoms with Crippen molar-refractivity contribution < 1.29 is 32.6 Å². The number of rotatable bonds is 7. The quantitative estimate of drug-likeness (QED) is 0.603. The highest BCUT2D eigenvalue weighted by atomic mass is 35.5. The second kappa shape index (κ2) is 9.93. The van der Waals surface area contributed by atoms with Gasteiger partial charge in [-0.2, -0.15) is 13.2 Å². The van der Waals surface area contributed by atoms with Crippen LogP contribution >= 0.6 is 11.6 Å². The Balaban J connectivity index is 1.49. The van der Waals surface area contributed by atoms with Gasteiger partial charge in [0.1, 0.15) is 5.75 Å². The number of nitrogens with zero attached hydrogens (tertiary/aromatic N) is 2. The van der Waals surface area contributed by atoms with Crippen LogP contribution in [0.25, 0.3) is 0 Å². The average molecular weight is 505 g/mol. The summed E-state index contributed by atoms with van der Waals surface area (Å²) in [5, 5.41) is 10.5. The van der Waals surface area contributed by atoms with Gasteiger partial charge in [-0.25, -0.2) is 0 Å². The van der Waals surface area contributed by atoms with E-state index in [-0.39, 0.29) is 19.0 Å². The second-order valence-corrected chi connectivity index (χ2v) is 10.3. The second-order valence-electron chi connectivity index (χ2n) is 9.86. The van der Waals surface area contributed by atoms with Gasteiger partial charge in [0.05, 0.1) is 17.2 Å². The lowest BCUT2D eigenvalue weighted by molar-refractivity contribution is -0.270. The van der Waals surface area contributed by atoms with Gasteiger partial charge in [-0.1, -0.05) is 25.4 Å². The number of hydrogen-bond acceptors (Lipinski definition) is 4. The maximum atomic E-state index is 13.4. The molecule has 1 aliphatic carbocycles. The van der Waals surface area contributed by atoms with Crippen LogP contribution < -0.4 is 4.74 Å². The standard InChI is InChI=1S/C24H32ClF3N2O4/c1-14(2)23(33,24(26,27)28)22(32)30-9-7-15(8-10-30)19-11-16(19)13-34-17-5-6-18(20(25)12-17)21(31)29(3)4/h5-6,12,14-16,19,33H,7-11,13H2,1-4H3/t16-,19-,23-/m0/s1. The average Bonchev–Trinajstić information content (AvgIpc) is 3.55. The molecule has 10 heteroatoms. The summed E-state index contributed by atoms with van der Waals surface area (Å²) in [4.78, 5) is 27.2. The van der Waals surface area contributed by atoms with Crippen molar-refractivity contribution in [1.82, 2.24) is 9.80 Å². The van der Waals surface area contributed by atoms with Crippen molar-refractivity contribution in [3.05, 3.63) is 28.8 Å². The van der Waals surface area contributed by atoms with E-state index < -0.39 is 23.6 Å². The largest absolute Gasteiger partial charge is 0.493 e. The molecule has 3 atom stereocenters. The number of benzene rings is 1. The molecule has 0 bridgehead atoms. The van der Waals surface area contributed by atoms with Crippen LogP contribution in [0.4, 0.5) is 13.2 Å². The maximum Gasteiger partial charge on any atom is 0.426 e. The Morgan fingerprint density at radius 3 is 2.35 bits per heavy atom. The Kier molecular flexibility index (Phi) is 7.77. The highest BCUT2D eigenvalue weighted by Gasteiger charge is 2.62. The molecule has 34 heavy (non-hydrogen) atoms. The molecular formula is C24H32ClF3N2O4. The number of carbonyl (C=O) groups excluding carboxylic acids is 2. The number of alkyl halides is 3. The summed E-state index contributed by atoms with van der Waals surface area (Å²) in [5.74, 6) is -1.11. The van der Waals surface area contributed by atoms with Crippen molar-refractivity contribution in [3.63, 3.8) is 0 Å². The number of hydrogen-bond donors (Lipinski definition) is 1. The molecule has 1 N–H and O–H groups in total. The fourth-order valence-electron chi connectivity index (χ4n) is 4.71. The zero-order valence-electron chi connectivity index (χ0n) is 19.9. The van der Waals surface area contributed by atoms with Gasteiger partial charge in [-0.3, -0.25) is 9.59 Å². The smallest absolute Gasteiger partial charge is 0.426 e. The molecule has 1 aliphatic heterocycles. The summed E-state index contributed by atoms with van der Waals surface area (Å²) in [6, 6.07) is 4.97. The van der Waals surface area contributed by atoms with Crippen molar-refractivity contribution >= 4 is 23.4 Å². The lowest BCUT2D eigenvalue weighted by Gasteiger charge is -2.40. The van der Waals surface area contributed by atoms with Gasteiger partial charge in [0.25, 0.3) is 11.8 Å². The zero-order valence-corrected chi connectivity index (χ0v) is 20.6. The van der Waals surface area contributed by atoms with Crippen LogP contribution in [-0.2, 0) is 4.79 Å². The van der Waals surface area contributed by atoms with Crippen LogP contribution in [0.2, 0.25) is 5.02 Å². The minimum absolute atomic E-state index is 0.189. The van der Waals surface area contributed by atoms with E-state index in [0.717, 1.165) is 11.3 Å². The van der Waals surface area contributed by atoms with Crippen LogP contribution in [0, 0.1) is 23.7 Å². The molecule has 1 heterocycles. The molecule has 190 valence electrons. The molecule has 0 unspecified atom stereocenters. The molecule has 0 aromatic heterocycles. The van der Waals surface area contributed by atoms with E-state index in [0.29, 0.717) is 53.5 Å². The predicted octanol–water partition coefficient (Wildman–Crippen LogP) is 4.24. The highest BCUT2D eigenvalue weighted by molar-refractivity contribution is 6.34. The number of likely N-dealkylation sites (tertiary alicyclic amines) is 1. The van der Waals surface area contributed by atoms with Gasteiger partial charge in [0.15, 0.2) is 0 Å². The topological polar surface area (TPSA) is 70.1 Å². The monoisotopic (exact) mass is 504 g/mol. The third-order valence-corrected chi connectivity index (χ3v) is 7.36. The van der Waals surface area contributed by atoms with Crippen LogP contribution in [0.3, 0.4) is 0 Å². The van der Waals surface area contributed by atoms with E-state index in [1.807, 2.05) is 0 Å². The molecule has 1 saturated heterocycles. The van der Waals surface area contributed by atoms with E-state index in [1.165, 1.54) is 18.7 Å². The first-order chi connectivity index (χ1) is 15.8. The van der Waals surface area contributed by atoms with E-state index in [1.54, 1.807) is 32.3 Å². The summed E-state index contributed by atoms with van der Waals surface area (Å²) in [7, 11) is 3.30. The minimum atomic E-state index is -5.02. The van der Waals surface area contributed by atoms with Crippen molar-refractivity contribution in [1.29, 1.82) is 0 Å². The maximum absolute atomic E-state index is 13.4. The fourth-order valence-corrected chi connectivity index (χ4v) is 4.96. The molecule has 6 nitrogen and oxygen atoms in total. The van der Waals surface area contributed by atoms with Gasteiger partial charge in [0.2, 0.25) is 5.60 Å². The van der Waals surface area contributed by atoms with Gasteiger partial charge >= 0.3 is 6.18 Å². The summed E-state index contributed by atoms with van der Waals surface area (Å²) >= 11 is 6.22. The number of ether oxygens (including phenoxy) is 1. The number of aliphatic hydroxyl groups is 1. The summed E-state index contributed by atoms with van der Waals surface area (Å²) in [6.07, 6.45) is -2.85. The molecule has 1 saturated carbocycles. The molecule has 1 aromatic carbocycles. The summed E-state index contributed by atoms with van der Waals surface area (Å²) in [6.45, 7) is 3.30. The molecule has 2 aliphatic rings. The van der Waals surface area contributed by atoms with Gasteiger partial charge in [-0.15, -0.1) is 0 Å². The van der Waals surface area contributed by atoms with Crippen molar-refractivity contribution in [2.45, 2.75) is 44.9 Å². The highest BCUT2D eigenvalue weighted by Crippen LogP contribution is 2.48. The molecular weight excluding hydrogens is 473 g/mol. The molecule has 1 aromatic rings. The molecule has 0 radical (unpaired) electrons. The van der Waals surface area contributed by atoms with E-state index in [9.17, 15) is 27.9 Å². The van der Waals surface area contributed by atoms with Gasteiger partial charge in [0, 0.05) is 33.1 Å². The minimum Gasteiger partial charge on any atom is -0.493 e. The normalized spacial score (nSPS) is 22.9. The lowest BCUT2D eigenvalue weighted by atomic mass is 9.85. The summed E-state index contributed by atoms with van der Waals surface area (Å²) in [5.41, 5.74) is -2.96. The molecule has 0 spiro atoms. The number of amides is 2. The van der Waals surface area contributed by atoms with Crippen molar-refractivity contribution in [3.8, 4) is 5.75 Å². The number of piperidine rings is 1. The number of halogens is 4. The first-order valence-corrected chi connectivity index (χ1v) is 11.9. The van der Waals surface area contributed by atoms with Gasteiger partial charge < -0.3 is 19.6 Å². The Hall–Kier alpha value is -2.00. The first-order valence-electron chi connectivity index (χ1n) is 11.5. The molecule has 2 amide bonds. The van der Waals surface area contributed by atoms with E-state index in [4.69, 9.17) is 16.3 Å². The Morgan fingerprint density at radius 2 is 1.85 bits per heavy atom. The van der Waals surface area contributed by atoms with Gasteiger partial charge in [-0.05, 0) is 55.2 Å². The van der Waals surface area contributed by atoms with Crippen LogP contribution in [0.5, 0.6) is 5.75 Å². The van der Waals surface area contributed by atoms with Crippen molar-refractivity contribution in [2.24, 2.45) is 23.7 Å². The Morgan fingerprint density at radius 1 is 1.24 bits per heavy atom. The Labute approximate surface area is 203 Å². The van der Waals surface area contributed by atoms with Crippen molar-refractivity contribution in [2.75, 3.05) is 33.8 Å². The number of carbonyl (C=O) groups is 2. The third-order valence-electron chi connectivity index (χ3n) is 7.04. The van der Waals surface area contributed by atoms with Crippen LogP contribution in [0.15, 0.2) is 18.2 Å². The first kappa shape index (κ1) is 26.6. The lowest BCUT2D eigenvalue weighted by Crippen LogP contribution is -2.62. The fraction of sp³-hybridized carbons (Fsp3) is 0.667. The van der Waals surface area contributed by atoms with Crippen LogP contribution in [0.1, 0.15) is 43.5 Å². The van der Waals surface area contributed by atoms with Crippen LogP contribution in [-0.4, -0.2) is 72.3 Å². The zero-order chi connectivity index (χ0) is 25.4. The molecule has 2 fully saturated rings. The van der Waals surface area contributed by atoms with E-state index >= 15 is 0 Å². The third kappa shape index (κ3) is 5.30. The van der Waals surface area contributed by atoms with E-state index in [2.05, 4.69) is 0 Å². The molecule has 3 rings (SSSR count). The SMILES string of the molecule is CC(C)[C@](O)(C(=O)N1CCC([C@@H]2C[C@H]2COc2ccc(C(=O)N(C)C)c(Cl)c2)CC1)C(F)(F)F. The Bertz CT molecular complexity index is 916. The predicted molar refractivity (Wildman–Crippen MR) is 122 cm³/mol.